The van der Waals surface area contributed by atoms with Gasteiger partial charge in [0, 0.05) is 24.2 Å². The number of pyridine rings is 1. The van der Waals surface area contributed by atoms with Crippen LogP contribution in [0, 0.1) is 0 Å². The summed E-state index contributed by atoms with van der Waals surface area (Å²) in [5.41, 5.74) is 0.719. The monoisotopic (exact) mass is 308 g/mol. The number of fused-ring (bicyclic) bond motifs is 2. The Morgan fingerprint density at radius 1 is 1.38 bits per heavy atom. The minimum atomic E-state index is -0.448. The molecule has 114 valence electrons. The average Bonchev–Trinajstić information content (AvgIpc) is 2.95. The lowest BCUT2D eigenvalue weighted by Crippen LogP contribution is -2.40. The molecule has 0 radical (unpaired) electrons. The molecule has 2 aliphatic heterocycles. The zero-order valence-electron chi connectivity index (χ0n) is 12.7. The molecule has 3 rings (SSSR count). The van der Waals surface area contributed by atoms with Gasteiger partial charge in [0.15, 0.2) is 0 Å². The lowest BCUT2D eigenvalue weighted by Gasteiger charge is -2.28. The summed E-state index contributed by atoms with van der Waals surface area (Å²) in [6.45, 7) is 5.72. The highest BCUT2D eigenvalue weighted by molar-refractivity contribution is 6.29. The maximum atomic E-state index is 12.4. The number of ether oxygens (including phenoxy) is 1. The van der Waals surface area contributed by atoms with Crippen molar-refractivity contribution in [2.45, 2.75) is 63.6 Å². The van der Waals surface area contributed by atoms with Crippen molar-refractivity contribution in [2.24, 2.45) is 0 Å². The van der Waals surface area contributed by atoms with Crippen molar-refractivity contribution in [3.63, 3.8) is 0 Å². The summed E-state index contributed by atoms with van der Waals surface area (Å²) in [6.07, 6.45) is 4.76. The molecule has 2 fully saturated rings. The van der Waals surface area contributed by atoms with E-state index in [9.17, 15) is 4.79 Å². The summed E-state index contributed by atoms with van der Waals surface area (Å²) in [5.74, 6) is 0.348. The van der Waals surface area contributed by atoms with Crippen LogP contribution in [0.4, 0.5) is 4.79 Å². The largest absolute Gasteiger partial charge is 0.444 e. The summed E-state index contributed by atoms with van der Waals surface area (Å²) in [4.78, 5) is 18.5. The number of amides is 1. The molecule has 2 saturated heterocycles. The Balaban J connectivity index is 1.78. The molecule has 0 saturated carbocycles. The number of hydrogen-bond donors (Lipinski definition) is 0. The fourth-order valence-electron chi connectivity index (χ4n) is 3.55. The number of rotatable bonds is 1. The topological polar surface area (TPSA) is 42.4 Å². The first-order valence-corrected chi connectivity index (χ1v) is 7.86. The Morgan fingerprint density at radius 2 is 2.14 bits per heavy atom. The third-order valence-electron chi connectivity index (χ3n) is 4.32. The van der Waals surface area contributed by atoms with E-state index in [1.54, 1.807) is 0 Å². The van der Waals surface area contributed by atoms with Crippen LogP contribution >= 0.6 is 11.6 Å². The van der Waals surface area contributed by atoms with Crippen LogP contribution in [-0.4, -0.2) is 33.7 Å². The summed E-state index contributed by atoms with van der Waals surface area (Å²) in [5, 5.41) is 0.505. The van der Waals surface area contributed by atoms with Crippen molar-refractivity contribution in [3.8, 4) is 0 Å². The third-order valence-corrected chi connectivity index (χ3v) is 4.54. The van der Waals surface area contributed by atoms with Gasteiger partial charge in [-0.05, 0) is 51.7 Å². The summed E-state index contributed by atoms with van der Waals surface area (Å²) < 4.78 is 5.56. The van der Waals surface area contributed by atoms with E-state index >= 15 is 0 Å². The average molecular weight is 309 g/mol. The number of hydrogen-bond acceptors (Lipinski definition) is 3. The molecule has 21 heavy (non-hydrogen) atoms. The molecular weight excluding hydrogens is 288 g/mol. The van der Waals surface area contributed by atoms with E-state index in [1.807, 2.05) is 44.0 Å². The van der Waals surface area contributed by atoms with Crippen LogP contribution in [0.2, 0.25) is 5.15 Å². The van der Waals surface area contributed by atoms with Gasteiger partial charge in [0.05, 0.1) is 0 Å². The highest BCUT2D eigenvalue weighted by Crippen LogP contribution is 2.47. The van der Waals surface area contributed by atoms with Crippen LogP contribution in [0.5, 0.6) is 0 Å². The molecule has 1 aromatic rings. The van der Waals surface area contributed by atoms with Crippen molar-refractivity contribution in [2.75, 3.05) is 0 Å². The molecule has 0 aliphatic carbocycles. The number of carbonyl (C=O) groups excluding carboxylic acids is 1. The van der Waals surface area contributed by atoms with Crippen LogP contribution in [0.1, 0.15) is 51.5 Å². The SMILES string of the molecule is CC(C)(C)OC(=O)N1[C@H]2CC[C@@H]1[C@@H](c1ccc(Cl)nc1)C2. The molecule has 2 bridgehead atoms. The Morgan fingerprint density at radius 3 is 2.76 bits per heavy atom. The summed E-state index contributed by atoms with van der Waals surface area (Å²) in [7, 11) is 0. The maximum absolute atomic E-state index is 12.4. The van der Waals surface area contributed by atoms with Gasteiger partial charge in [0.25, 0.3) is 0 Å². The molecule has 3 atom stereocenters. The summed E-state index contributed by atoms with van der Waals surface area (Å²) >= 11 is 5.85. The van der Waals surface area contributed by atoms with Crippen molar-refractivity contribution in [1.82, 2.24) is 9.88 Å². The quantitative estimate of drug-likeness (QED) is 0.737. The van der Waals surface area contributed by atoms with Crippen LogP contribution < -0.4 is 0 Å². The summed E-state index contributed by atoms with van der Waals surface area (Å²) in [6, 6.07) is 4.37. The molecular formula is C16H21ClN2O2. The molecule has 5 heteroatoms. The zero-order valence-corrected chi connectivity index (χ0v) is 13.4. The van der Waals surface area contributed by atoms with E-state index in [0.29, 0.717) is 17.1 Å². The molecule has 4 nitrogen and oxygen atoms in total. The van der Waals surface area contributed by atoms with Gasteiger partial charge < -0.3 is 9.64 Å². The predicted octanol–water partition coefficient (Wildman–Crippen LogP) is 3.99. The second kappa shape index (κ2) is 5.16. The van der Waals surface area contributed by atoms with E-state index in [4.69, 9.17) is 16.3 Å². The fraction of sp³-hybridized carbons (Fsp3) is 0.625. The van der Waals surface area contributed by atoms with Gasteiger partial charge in [-0.2, -0.15) is 0 Å². The van der Waals surface area contributed by atoms with Crippen molar-refractivity contribution >= 4 is 17.7 Å². The van der Waals surface area contributed by atoms with E-state index in [2.05, 4.69) is 4.98 Å². The highest BCUT2D eigenvalue weighted by Gasteiger charge is 2.50. The standard InChI is InChI=1S/C16H21ClN2O2/c1-16(2,3)21-15(20)19-11-5-6-13(19)12(8-11)10-4-7-14(17)18-9-10/h4,7,9,11-13H,5-6,8H2,1-3H3/t11-,12+,13+/m0/s1. The first-order valence-electron chi connectivity index (χ1n) is 7.48. The fourth-order valence-corrected chi connectivity index (χ4v) is 3.66. The van der Waals surface area contributed by atoms with Crippen molar-refractivity contribution < 1.29 is 9.53 Å². The van der Waals surface area contributed by atoms with E-state index in [-0.39, 0.29) is 12.1 Å². The second-order valence-electron chi connectivity index (χ2n) is 6.94. The van der Waals surface area contributed by atoms with Gasteiger partial charge in [-0.15, -0.1) is 0 Å². The van der Waals surface area contributed by atoms with Gasteiger partial charge >= 0.3 is 6.09 Å². The van der Waals surface area contributed by atoms with Gasteiger partial charge in [0.1, 0.15) is 10.8 Å². The maximum Gasteiger partial charge on any atom is 0.410 e. The van der Waals surface area contributed by atoms with Crippen LogP contribution in [0.3, 0.4) is 0 Å². The Bertz CT molecular complexity index is 538. The lowest BCUT2D eigenvalue weighted by molar-refractivity contribution is 0.0213. The van der Waals surface area contributed by atoms with Crippen LogP contribution in [-0.2, 0) is 4.74 Å². The molecule has 0 aromatic carbocycles. The normalized spacial score (nSPS) is 28.0. The second-order valence-corrected chi connectivity index (χ2v) is 7.33. The predicted molar refractivity (Wildman–Crippen MR) is 81.5 cm³/mol. The number of aromatic nitrogens is 1. The zero-order chi connectivity index (χ0) is 15.2. The number of nitrogens with zero attached hydrogens (tertiary/aromatic N) is 2. The Kier molecular flexibility index (Phi) is 3.60. The van der Waals surface area contributed by atoms with Crippen molar-refractivity contribution in [3.05, 3.63) is 29.0 Å². The van der Waals surface area contributed by atoms with Crippen LogP contribution in [0.15, 0.2) is 18.3 Å². The minimum absolute atomic E-state index is 0.181. The highest BCUT2D eigenvalue weighted by atomic mass is 35.5. The molecule has 1 amide bonds. The molecule has 1 aromatic heterocycles. The van der Waals surface area contributed by atoms with Gasteiger partial charge in [-0.3, -0.25) is 0 Å². The third kappa shape index (κ3) is 2.86. The molecule has 0 unspecified atom stereocenters. The molecule has 0 N–H and O–H groups in total. The minimum Gasteiger partial charge on any atom is -0.444 e. The van der Waals surface area contributed by atoms with Crippen LogP contribution in [0.25, 0.3) is 0 Å². The van der Waals surface area contributed by atoms with E-state index in [1.165, 1.54) is 5.56 Å². The molecule has 2 aliphatic rings. The van der Waals surface area contributed by atoms with E-state index in [0.717, 1.165) is 19.3 Å². The number of carbonyl (C=O) groups is 1. The lowest BCUT2D eigenvalue weighted by atomic mass is 9.85. The van der Waals surface area contributed by atoms with Gasteiger partial charge in [-0.1, -0.05) is 17.7 Å². The molecule has 3 heterocycles. The Hall–Kier alpha value is -1.29. The smallest absolute Gasteiger partial charge is 0.410 e. The van der Waals surface area contributed by atoms with Gasteiger partial charge in [-0.25, -0.2) is 9.78 Å². The number of halogens is 1. The first kappa shape index (κ1) is 14.6. The van der Waals surface area contributed by atoms with E-state index < -0.39 is 5.60 Å². The van der Waals surface area contributed by atoms with Crippen molar-refractivity contribution in [1.29, 1.82) is 0 Å². The first-order chi connectivity index (χ1) is 9.85. The molecule has 0 spiro atoms. The Labute approximate surface area is 130 Å². The van der Waals surface area contributed by atoms with Gasteiger partial charge in [0.2, 0.25) is 0 Å².